The van der Waals surface area contributed by atoms with Crippen molar-refractivity contribution in [3.05, 3.63) is 41.4 Å². The summed E-state index contributed by atoms with van der Waals surface area (Å²) in [5.74, 6) is 0.660. The van der Waals surface area contributed by atoms with Crippen LogP contribution in [0.5, 0.6) is 0 Å². The number of rotatable bonds is 6. The molecule has 16 heavy (non-hydrogen) atoms. The fraction of sp³-hybridized carbons (Fsp3) is 0.308. The quantitative estimate of drug-likeness (QED) is 0.320. The molecule has 3 heteroatoms. The molecular formula is C13H16O3. The summed E-state index contributed by atoms with van der Waals surface area (Å²) in [4.78, 5) is 10.8. The van der Waals surface area contributed by atoms with Crippen molar-refractivity contribution in [2.75, 3.05) is 13.2 Å². The Morgan fingerprint density at radius 1 is 1.50 bits per heavy atom. The Morgan fingerprint density at radius 3 is 2.88 bits per heavy atom. The molecule has 0 saturated heterocycles. The maximum absolute atomic E-state index is 10.8. The van der Waals surface area contributed by atoms with Gasteiger partial charge in [-0.1, -0.05) is 11.6 Å². The van der Waals surface area contributed by atoms with Gasteiger partial charge in [0.15, 0.2) is 0 Å². The van der Waals surface area contributed by atoms with Crippen LogP contribution in [0, 0.1) is 0 Å². The molecule has 0 spiro atoms. The molecule has 0 atom stereocenters. The Balaban J connectivity index is 2.44. The van der Waals surface area contributed by atoms with Crippen LogP contribution in [-0.4, -0.2) is 19.5 Å². The van der Waals surface area contributed by atoms with Crippen molar-refractivity contribution in [2.24, 2.45) is 0 Å². The molecule has 0 N–H and O–H groups in total. The van der Waals surface area contributed by atoms with E-state index in [1.165, 1.54) is 5.57 Å². The van der Waals surface area contributed by atoms with Gasteiger partial charge in [0.05, 0.1) is 19.5 Å². The highest BCUT2D eigenvalue weighted by molar-refractivity contribution is 5.81. The van der Waals surface area contributed by atoms with Crippen LogP contribution in [0.1, 0.15) is 19.6 Å². The fourth-order valence-corrected chi connectivity index (χ4v) is 1.07. The molecule has 86 valence electrons. The number of carbonyl (C=O) groups excluding carboxylic acids is 1. The summed E-state index contributed by atoms with van der Waals surface area (Å²) in [6.07, 6.45) is 5.99. The van der Waals surface area contributed by atoms with Gasteiger partial charge in [-0.3, -0.25) is 4.79 Å². The highest BCUT2D eigenvalue weighted by atomic mass is 16.5. The van der Waals surface area contributed by atoms with Crippen molar-refractivity contribution in [3.63, 3.8) is 0 Å². The van der Waals surface area contributed by atoms with E-state index in [9.17, 15) is 4.79 Å². The summed E-state index contributed by atoms with van der Waals surface area (Å²) in [5, 5.41) is 0. The molecule has 0 saturated carbocycles. The summed E-state index contributed by atoms with van der Waals surface area (Å²) in [5.41, 5.74) is 1.76. The molecule has 0 aliphatic rings. The topological polar surface area (TPSA) is 39.4 Å². The first-order valence-electron chi connectivity index (χ1n) is 5.12. The second kappa shape index (κ2) is 6.80. The molecule has 0 aromatic carbocycles. The molecule has 0 amide bonds. The first-order valence-corrected chi connectivity index (χ1v) is 5.12. The lowest BCUT2D eigenvalue weighted by Gasteiger charge is -2.00. The van der Waals surface area contributed by atoms with Gasteiger partial charge in [0.2, 0.25) is 0 Å². The highest BCUT2D eigenvalue weighted by Gasteiger charge is 1.97. The summed E-state index contributed by atoms with van der Waals surface area (Å²) >= 11 is 0. The predicted molar refractivity (Wildman–Crippen MR) is 63.0 cm³/mol. The third-order valence-corrected chi connectivity index (χ3v) is 1.90. The van der Waals surface area contributed by atoms with Crippen LogP contribution in [0.15, 0.2) is 40.0 Å². The predicted octanol–water partition coefficient (Wildman–Crippen LogP) is 2.84. The van der Waals surface area contributed by atoms with E-state index in [-0.39, 0.29) is 0 Å². The van der Waals surface area contributed by atoms with E-state index in [4.69, 9.17) is 9.15 Å². The molecular weight excluding hydrogens is 204 g/mol. The summed E-state index contributed by atoms with van der Waals surface area (Å²) in [7, 11) is 0. The molecule has 0 aliphatic carbocycles. The van der Waals surface area contributed by atoms with Gasteiger partial charge in [0, 0.05) is 5.57 Å². The minimum Gasteiger partial charge on any atom is -0.465 e. The Labute approximate surface area is 95.4 Å². The van der Waals surface area contributed by atoms with Crippen molar-refractivity contribution in [3.8, 4) is 0 Å². The Hall–Kier alpha value is -1.61. The zero-order chi connectivity index (χ0) is 11.8. The lowest BCUT2D eigenvalue weighted by atomic mass is 10.2. The largest absolute Gasteiger partial charge is 0.465 e. The number of allylic oxidation sites excluding steroid dienone is 1. The van der Waals surface area contributed by atoms with Gasteiger partial charge in [-0.25, -0.2) is 0 Å². The third-order valence-electron chi connectivity index (χ3n) is 1.90. The zero-order valence-corrected chi connectivity index (χ0v) is 9.60. The van der Waals surface area contributed by atoms with E-state index in [0.29, 0.717) is 24.5 Å². The van der Waals surface area contributed by atoms with Gasteiger partial charge >= 0.3 is 0 Å². The van der Waals surface area contributed by atoms with Crippen molar-refractivity contribution >= 4 is 12.4 Å². The summed E-state index contributed by atoms with van der Waals surface area (Å²) in [6, 6.07) is 3.57. The number of ether oxygens (including phenoxy) is 1. The minimum atomic E-state index is 0.300. The average molecular weight is 220 g/mol. The number of hydrogen-bond donors (Lipinski definition) is 0. The van der Waals surface area contributed by atoms with Crippen LogP contribution >= 0.6 is 0 Å². The molecule has 0 unspecified atom stereocenters. The molecule has 1 rings (SSSR count). The minimum absolute atomic E-state index is 0.300. The van der Waals surface area contributed by atoms with Crippen molar-refractivity contribution in [2.45, 2.75) is 13.8 Å². The SMILES string of the molecule is CC(C)=CCOC/C(C=O)=C\c1ccco1. The van der Waals surface area contributed by atoms with E-state index in [1.54, 1.807) is 24.5 Å². The Kier molecular flexibility index (Phi) is 5.29. The molecule has 0 radical (unpaired) electrons. The third kappa shape index (κ3) is 4.75. The number of furan rings is 1. The van der Waals surface area contributed by atoms with Crippen molar-refractivity contribution < 1.29 is 13.9 Å². The van der Waals surface area contributed by atoms with Crippen LogP contribution in [0.3, 0.4) is 0 Å². The van der Waals surface area contributed by atoms with E-state index < -0.39 is 0 Å². The fourth-order valence-electron chi connectivity index (χ4n) is 1.07. The van der Waals surface area contributed by atoms with Gasteiger partial charge in [-0.05, 0) is 32.1 Å². The molecule has 0 fully saturated rings. The highest BCUT2D eigenvalue weighted by Crippen LogP contribution is 2.06. The Morgan fingerprint density at radius 2 is 2.31 bits per heavy atom. The van der Waals surface area contributed by atoms with Gasteiger partial charge in [-0.2, -0.15) is 0 Å². The van der Waals surface area contributed by atoms with Gasteiger partial charge in [-0.15, -0.1) is 0 Å². The molecule has 1 aromatic rings. The molecule has 0 aliphatic heterocycles. The Bertz CT molecular complexity index is 368. The number of carbonyl (C=O) groups is 1. The normalized spacial score (nSPS) is 11.2. The summed E-state index contributed by atoms with van der Waals surface area (Å²) < 4.78 is 10.4. The van der Waals surface area contributed by atoms with Crippen molar-refractivity contribution in [1.29, 1.82) is 0 Å². The number of aldehydes is 1. The maximum Gasteiger partial charge on any atom is 0.148 e. The van der Waals surface area contributed by atoms with E-state index in [1.807, 2.05) is 19.9 Å². The summed E-state index contributed by atoms with van der Waals surface area (Å²) in [6.45, 7) is 4.82. The average Bonchev–Trinajstić information content (AvgIpc) is 2.75. The van der Waals surface area contributed by atoms with Crippen LogP contribution in [0.25, 0.3) is 6.08 Å². The smallest absolute Gasteiger partial charge is 0.148 e. The molecule has 3 nitrogen and oxygen atoms in total. The van der Waals surface area contributed by atoms with E-state index >= 15 is 0 Å². The first-order chi connectivity index (χ1) is 7.72. The van der Waals surface area contributed by atoms with Gasteiger partial charge < -0.3 is 9.15 Å². The van der Waals surface area contributed by atoms with Crippen LogP contribution in [0.2, 0.25) is 0 Å². The number of hydrogen-bond acceptors (Lipinski definition) is 3. The molecule has 1 heterocycles. The van der Waals surface area contributed by atoms with Crippen LogP contribution in [0.4, 0.5) is 0 Å². The standard InChI is InChI=1S/C13H16O3/c1-11(2)5-7-15-10-12(9-14)8-13-4-3-6-16-13/h3-6,8-9H,7,10H2,1-2H3/b12-8-. The second-order valence-corrected chi connectivity index (χ2v) is 3.65. The second-order valence-electron chi connectivity index (χ2n) is 3.65. The zero-order valence-electron chi connectivity index (χ0n) is 9.60. The van der Waals surface area contributed by atoms with Crippen LogP contribution < -0.4 is 0 Å². The maximum atomic E-state index is 10.8. The van der Waals surface area contributed by atoms with E-state index in [0.717, 1.165) is 6.29 Å². The molecule has 1 aromatic heterocycles. The van der Waals surface area contributed by atoms with Crippen molar-refractivity contribution in [1.82, 2.24) is 0 Å². The van der Waals surface area contributed by atoms with Gasteiger partial charge in [0.25, 0.3) is 0 Å². The first kappa shape index (κ1) is 12.5. The molecule has 0 bridgehead atoms. The lowest BCUT2D eigenvalue weighted by Crippen LogP contribution is -1.99. The van der Waals surface area contributed by atoms with Crippen LogP contribution in [-0.2, 0) is 9.53 Å². The lowest BCUT2D eigenvalue weighted by molar-refractivity contribution is -0.105. The van der Waals surface area contributed by atoms with Gasteiger partial charge in [0.1, 0.15) is 12.0 Å². The monoisotopic (exact) mass is 220 g/mol. The van der Waals surface area contributed by atoms with E-state index in [2.05, 4.69) is 0 Å².